The summed E-state index contributed by atoms with van der Waals surface area (Å²) in [7, 11) is 0. The number of nitrogens with one attached hydrogen (secondary N) is 1. The minimum Gasteiger partial charge on any atom is -0.342 e. The van der Waals surface area contributed by atoms with Crippen LogP contribution in [0.15, 0.2) is 12.1 Å². The first kappa shape index (κ1) is 15.0. The van der Waals surface area contributed by atoms with Gasteiger partial charge in [0.15, 0.2) is 0 Å². The number of aryl methyl sites for hydroxylation is 1. The SMILES string of the molecule is CCC1CCCCN1C(=O)CNC(=O)c1ccc(C)s1. The normalized spacial score (nSPS) is 18.9. The fraction of sp³-hybridized carbons (Fsp3) is 0.600. The van der Waals surface area contributed by atoms with Crippen LogP contribution in [-0.2, 0) is 4.79 Å². The Morgan fingerprint density at radius 3 is 2.85 bits per heavy atom. The van der Waals surface area contributed by atoms with E-state index in [0.717, 1.165) is 30.7 Å². The second kappa shape index (κ2) is 6.88. The fourth-order valence-electron chi connectivity index (χ4n) is 2.65. The highest BCUT2D eigenvalue weighted by Crippen LogP contribution is 2.19. The quantitative estimate of drug-likeness (QED) is 0.928. The molecule has 1 saturated heterocycles. The van der Waals surface area contributed by atoms with E-state index in [4.69, 9.17) is 0 Å². The number of piperidine rings is 1. The van der Waals surface area contributed by atoms with Crippen LogP contribution < -0.4 is 5.32 Å². The van der Waals surface area contributed by atoms with Crippen LogP contribution in [0.4, 0.5) is 0 Å². The summed E-state index contributed by atoms with van der Waals surface area (Å²) in [5.74, 6) is -0.111. The zero-order valence-electron chi connectivity index (χ0n) is 12.1. The lowest BCUT2D eigenvalue weighted by Gasteiger charge is -2.35. The predicted molar refractivity (Wildman–Crippen MR) is 81.0 cm³/mol. The highest BCUT2D eigenvalue weighted by Gasteiger charge is 2.25. The van der Waals surface area contributed by atoms with Gasteiger partial charge in [-0.2, -0.15) is 0 Å². The maximum absolute atomic E-state index is 12.2. The van der Waals surface area contributed by atoms with Crippen molar-refractivity contribution in [1.82, 2.24) is 10.2 Å². The Labute approximate surface area is 124 Å². The van der Waals surface area contributed by atoms with Crippen molar-refractivity contribution in [2.45, 2.75) is 45.6 Å². The summed E-state index contributed by atoms with van der Waals surface area (Å²) in [5, 5.41) is 2.73. The number of amides is 2. The van der Waals surface area contributed by atoms with E-state index in [9.17, 15) is 9.59 Å². The number of carbonyl (C=O) groups excluding carboxylic acids is 2. The maximum Gasteiger partial charge on any atom is 0.261 e. The molecule has 1 aliphatic heterocycles. The molecule has 5 heteroatoms. The van der Waals surface area contributed by atoms with Gasteiger partial charge >= 0.3 is 0 Å². The molecule has 1 aromatic rings. The van der Waals surface area contributed by atoms with Crippen molar-refractivity contribution in [3.63, 3.8) is 0 Å². The van der Waals surface area contributed by atoms with Gasteiger partial charge in [-0.3, -0.25) is 9.59 Å². The third-order valence-electron chi connectivity index (χ3n) is 3.78. The summed E-state index contributed by atoms with van der Waals surface area (Å²) in [6.45, 7) is 5.01. The van der Waals surface area contributed by atoms with E-state index in [0.29, 0.717) is 10.9 Å². The molecular formula is C15H22N2O2S. The molecule has 1 aromatic heterocycles. The van der Waals surface area contributed by atoms with Gasteiger partial charge < -0.3 is 10.2 Å². The van der Waals surface area contributed by atoms with Gasteiger partial charge in [-0.25, -0.2) is 0 Å². The molecule has 0 spiro atoms. The van der Waals surface area contributed by atoms with Crippen LogP contribution in [0.2, 0.25) is 0 Å². The summed E-state index contributed by atoms with van der Waals surface area (Å²) in [6.07, 6.45) is 4.34. The zero-order chi connectivity index (χ0) is 14.5. The minimum atomic E-state index is -0.151. The van der Waals surface area contributed by atoms with E-state index >= 15 is 0 Å². The Bertz CT molecular complexity index is 484. The molecule has 2 rings (SSSR count). The van der Waals surface area contributed by atoms with Gasteiger partial charge in [-0.15, -0.1) is 11.3 Å². The van der Waals surface area contributed by atoms with Gasteiger partial charge in [0.05, 0.1) is 11.4 Å². The van der Waals surface area contributed by atoms with Crippen LogP contribution in [-0.4, -0.2) is 35.8 Å². The second-order valence-corrected chi connectivity index (χ2v) is 6.53. The van der Waals surface area contributed by atoms with Crippen LogP contribution in [0.3, 0.4) is 0 Å². The lowest BCUT2D eigenvalue weighted by molar-refractivity contribution is -0.133. The van der Waals surface area contributed by atoms with Crippen LogP contribution in [0.25, 0.3) is 0 Å². The molecule has 1 atom stereocenters. The first-order chi connectivity index (χ1) is 9.61. The van der Waals surface area contributed by atoms with E-state index < -0.39 is 0 Å². The lowest BCUT2D eigenvalue weighted by atomic mass is 10.00. The van der Waals surface area contributed by atoms with Crippen molar-refractivity contribution in [2.24, 2.45) is 0 Å². The van der Waals surface area contributed by atoms with Crippen LogP contribution >= 0.6 is 11.3 Å². The fourth-order valence-corrected chi connectivity index (χ4v) is 3.44. The van der Waals surface area contributed by atoms with Gasteiger partial charge in [0.25, 0.3) is 5.91 Å². The van der Waals surface area contributed by atoms with Crippen molar-refractivity contribution < 1.29 is 9.59 Å². The first-order valence-electron chi connectivity index (χ1n) is 7.26. The average Bonchev–Trinajstić information content (AvgIpc) is 2.91. The topological polar surface area (TPSA) is 49.4 Å². The average molecular weight is 294 g/mol. The third kappa shape index (κ3) is 3.60. The number of nitrogens with zero attached hydrogens (tertiary/aromatic N) is 1. The monoisotopic (exact) mass is 294 g/mol. The minimum absolute atomic E-state index is 0.0400. The van der Waals surface area contributed by atoms with E-state index in [1.54, 1.807) is 6.07 Å². The Hall–Kier alpha value is -1.36. The van der Waals surface area contributed by atoms with Crippen molar-refractivity contribution in [3.8, 4) is 0 Å². The number of hydrogen-bond donors (Lipinski definition) is 1. The molecule has 0 aromatic carbocycles. The smallest absolute Gasteiger partial charge is 0.261 e. The molecule has 110 valence electrons. The van der Waals surface area contributed by atoms with Crippen LogP contribution in [0, 0.1) is 6.92 Å². The van der Waals surface area contributed by atoms with Gasteiger partial charge in [0.1, 0.15) is 0 Å². The molecule has 1 fully saturated rings. The predicted octanol–water partition coefficient (Wildman–Crippen LogP) is 2.58. The summed E-state index contributed by atoms with van der Waals surface area (Å²) in [6, 6.07) is 4.06. The van der Waals surface area contributed by atoms with Crippen LogP contribution in [0.1, 0.15) is 47.2 Å². The van der Waals surface area contributed by atoms with Gasteiger partial charge in [0, 0.05) is 17.5 Å². The Morgan fingerprint density at radius 2 is 2.20 bits per heavy atom. The number of rotatable bonds is 4. The molecule has 1 aliphatic rings. The molecule has 0 saturated carbocycles. The summed E-state index contributed by atoms with van der Waals surface area (Å²) >= 11 is 1.45. The highest BCUT2D eigenvalue weighted by atomic mass is 32.1. The Kier molecular flexibility index (Phi) is 5.17. The van der Waals surface area contributed by atoms with E-state index in [1.165, 1.54) is 17.8 Å². The van der Waals surface area contributed by atoms with Crippen molar-refractivity contribution in [2.75, 3.05) is 13.1 Å². The molecule has 0 radical (unpaired) electrons. The van der Waals surface area contributed by atoms with E-state index in [1.807, 2.05) is 17.9 Å². The first-order valence-corrected chi connectivity index (χ1v) is 8.07. The molecule has 20 heavy (non-hydrogen) atoms. The summed E-state index contributed by atoms with van der Waals surface area (Å²) in [4.78, 5) is 27.8. The molecule has 2 amide bonds. The summed E-state index contributed by atoms with van der Waals surface area (Å²) < 4.78 is 0. The number of likely N-dealkylation sites (tertiary alicyclic amines) is 1. The molecule has 1 unspecified atom stereocenters. The van der Waals surface area contributed by atoms with Crippen molar-refractivity contribution in [1.29, 1.82) is 0 Å². The van der Waals surface area contributed by atoms with Crippen LogP contribution in [0.5, 0.6) is 0 Å². The van der Waals surface area contributed by atoms with Crippen molar-refractivity contribution >= 4 is 23.2 Å². The van der Waals surface area contributed by atoms with E-state index in [-0.39, 0.29) is 18.4 Å². The standard InChI is InChI=1S/C15H22N2O2S/c1-3-12-6-4-5-9-17(12)14(18)10-16-15(19)13-8-7-11(2)20-13/h7-8,12H,3-6,9-10H2,1-2H3,(H,16,19). The van der Waals surface area contributed by atoms with Crippen molar-refractivity contribution in [3.05, 3.63) is 21.9 Å². The molecule has 0 bridgehead atoms. The largest absolute Gasteiger partial charge is 0.342 e. The summed E-state index contributed by atoms with van der Waals surface area (Å²) in [5.41, 5.74) is 0. The van der Waals surface area contributed by atoms with E-state index in [2.05, 4.69) is 12.2 Å². The van der Waals surface area contributed by atoms with Gasteiger partial charge in [0.2, 0.25) is 5.91 Å². The van der Waals surface area contributed by atoms with Gasteiger partial charge in [-0.05, 0) is 44.7 Å². The number of carbonyl (C=O) groups is 2. The maximum atomic E-state index is 12.2. The lowest BCUT2D eigenvalue weighted by Crippen LogP contribution is -2.47. The molecule has 4 nitrogen and oxygen atoms in total. The molecular weight excluding hydrogens is 272 g/mol. The second-order valence-electron chi connectivity index (χ2n) is 5.24. The molecule has 0 aliphatic carbocycles. The number of hydrogen-bond acceptors (Lipinski definition) is 3. The molecule has 2 heterocycles. The van der Waals surface area contributed by atoms with Gasteiger partial charge in [-0.1, -0.05) is 6.92 Å². The highest BCUT2D eigenvalue weighted by molar-refractivity contribution is 7.13. The zero-order valence-corrected chi connectivity index (χ0v) is 13.0. The number of thiophene rings is 1. The third-order valence-corrected chi connectivity index (χ3v) is 4.78. The molecule has 1 N–H and O–H groups in total. The Morgan fingerprint density at radius 1 is 1.40 bits per heavy atom. The Balaban J connectivity index is 1.86.